The normalized spacial score (nSPS) is 20.6. The minimum Gasteiger partial charge on any atom is -0.395 e. The first kappa shape index (κ1) is 15.0. The van der Waals surface area contributed by atoms with Crippen LogP contribution in [0.4, 0.5) is 0 Å². The molecular formula is C14H18N2O3S. The van der Waals surface area contributed by atoms with Crippen molar-refractivity contribution in [3.63, 3.8) is 0 Å². The molecule has 108 valence electrons. The molecule has 2 rings (SSSR count). The maximum atomic E-state index is 12.6. The second-order valence-electron chi connectivity index (χ2n) is 5.04. The molecule has 1 unspecified atom stereocenters. The highest BCUT2D eigenvalue weighted by molar-refractivity contribution is 7.89. The van der Waals surface area contributed by atoms with Crippen molar-refractivity contribution in [1.29, 1.82) is 5.26 Å². The van der Waals surface area contributed by atoms with Crippen molar-refractivity contribution in [1.82, 2.24) is 4.31 Å². The number of benzene rings is 1. The van der Waals surface area contributed by atoms with Crippen LogP contribution >= 0.6 is 0 Å². The monoisotopic (exact) mass is 294 g/mol. The van der Waals surface area contributed by atoms with E-state index >= 15 is 0 Å². The summed E-state index contributed by atoms with van der Waals surface area (Å²) in [7, 11) is -3.61. The van der Waals surface area contributed by atoms with E-state index in [0.29, 0.717) is 24.1 Å². The SMILES string of the molecule is Cc1cc(S(=O)(=O)N2CCCCC2CO)ccc1C#N. The Kier molecular flexibility index (Phi) is 4.43. The molecule has 0 radical (unpaired) electrons. The van der Waals surface area contributed by atoms with E-state index in [9.17, 15) is 13.5 Å². The molecule has 0 amide bonds. The number of rotatable bonds is 3. The predicted octanol–water partition coefficient (Wildman–Crippen LogP) is 1.40. The molecular weight excluding hydrogens is 276 g/mol. The van der Waals surface area contributed by atoms with Crippen molar-refractivity contribution in [2.45, 2.75) is 37.1 Å². The van der Waals surface area contributed by atoms with Gasteiger partial charge in [0.2, 0.25) is 10.0 Å². The van der Waals surface area contributed by atoms with Crippen molar-refractivity contribution >= 4 is 10.0 Å². The third-order valence-electron chi connectivity index (χ3n) is 3.71. The van der Waals surface area contributed by atoms with Crippen LogP contribution in [-0.4, -0.2) is 37.0 Å². The Labute approximate surface area is 119 Å². The molecule has 1 saturated heterocycles. The quantitative estimate of drug-likeness (QED) is 0.913. The summed E-state index contributed by atoms with van der Waals surface area (Å²) < 4.78 is 26.7. The number of hydrogen-bond acceptors (Lipinski definition) is 4. The van der Waals surface area contributed by atoms with E-state index in [1.54, 1.807) is 6.92 Å². The summed E-state index contributed by atoms with van der Waals surface area (Å²) >= 11 is 0. The van der Waals surface area contributed by atoms with Crippen LogP contribution in [0.1, 0.15) is 30.4 Å². The molecule has 1 atom stereocenters. The molecule has 20 heavy (non-hydrogen) atoms. The summed E-state index contributed by atoms with van der Waals surface area (Å²) in [5.41, 5.74) is 1.12. The Morgan fingerprint density at radius 1 is 1.45 bits per heavy atom. The topological polar surface area (TPSA) is 81.4 Å². The standard InChI is InChI=1S/C14H18N2O3S/c1-11-8-14(6-5-12(11)9-15)20(18,19)16-7-3-2-4-13(16)10-17/h5-6,8,13,17H,2-4,7,10H2,1H3. The summed E-state index contributed by atoms with van der Waals surface area (Å²) in [6.45, 7) is 2.00. The van der Waals surface area contributed by atoms with Crippen LogP contribution in [0.25, 0.3) is 0 Å². The van der Waals surface area contributed by atoms with Gasteiger partial charge in [0.15, 0.2) is 0 Å². The van der Waals surface area contributed by atoms with Gasteiger partial charge in [-0.25, -0.2) is 8.42 Å². The van der Waals surface area contributed by atoms with E-state index in [2.05, 4.69) is 0 Å². The van der Waals surface area contributed by atoms with Crippen LogP contribution in [0.2, 0.25) is 0 Å². The first-order valence-corrected chi connectivity index (χ1v) is 8.08. The van der Waals surface area contributed by atoms with E-state index < -0.39 is 10.0 Å². The van der Waals surface area contributed by atoms with Crippen LogP contribution < -0.4 is 0 Å². The third-order valence-corrected chi connectivity index (χ3v) is 5.66. The fourth-order valence-corrected chi connectivity index (χ4v) is 4.30. The minimum absolute atomic E-state index is 0.158. The van der Waals surface area contributed by atoms with Crippen LogP contribution in [0, 0.1) is 18.3 Å². The molecule has 1 fully saturated rings. The summed E-state index contributed by atoms with van der Waals surface area (Å²) in [4.78, 5) is 0.189. The van der Waals surface area contributed by atoms with Crippen LogP contribution in [0.3, 0.4) is 0 Å². The van der Waals surface area contributed by atoms with Gasteiger partial charge >= 0.3 is 0 Å². The predicted molar refractivity (Wildman–Crippen MR) is 74.5 cm³/mol. The van der Waals surface area contributed by atoms with Crippen LogP contribution in [0.15, 0.2) is 23.1 Å². The molecule has 5 nitrogen and oxygen atoms in total. The lowest BCUT2D eigenvalue weighted by atomic mass is 10.1. The van der Waals surface area contributed by atoms with Gasteiger partial charge in [-0.05, 0) is 43.5 Å². The van der Waals surface area contributed by atoms with E-state index in [0.717, 1.165) is 12.8 Å². The second kappa shape index (κ2) is 5.92. The highest BCUT2D eigenvalue weighted by Gasteiger charge is 2.33. The molecule has 0 bridgehead atoms. The van der Waals surface area contributed by atoms with Gasteiger partial charge in [0, 0.05) is 12.6 Å². The smallest absolute Gasteiger partial charge is 0.243 e. The molecule has 0 saturated carbocycles. The van der Waals surface area contributed by atoms with Gasteiger partial charge in [-0.3, -0.25) is 0 Å². The Morgan fingerprint density at radius 3 is 2.80 bits per heavy atom. The van der Waals surface area contributed by atoms with Gasteiger partial charge in [0.05, 0.1) is 23.1 Å². The molecule has 1 N–H and O–H groups in total. The van der Waals surface area contributed by atoms with Gasteiger partial charge in [-0.1, -0.05) is 6.42 Å². The first-order chi connectivity index (χ1) is 9.50. The largest absolute Gasteiger partial charge is 0.395 e. The second-order valence-corrected chi connectivity index (χ2v) is 6.93. The number of aliphatic hydroxyl groups excluding tert-OH is 1. The van der Waals surface area contributed by atoms with Crippen LogP contribution in [0.5, 0.6) is 0 Å². The fraction of sp³-hybridized carbons (Fsp3) is 0.500. The van der Waals surface area contributed by atoms with Crippen LogP contribution in [-0.2, 0) is 10.0 Å². The lowest BCUT2D eigenvalue weighted by Crippen LogP contribution is -2.45. The summed E-state index contributed by atoms with van der Waals surface area (Å²) in [5, 5.41) is 18.3. The summed E-state index contributed by atoms with van der Waals surface area (Å²) in [5.74, 6) is 0. The van der Waals surface area contributed by atoms with Crippen molar-refractivity contribution in [2.75, 3.05) is 13.2 Å². The highest BCUT2D eigenvalue weighted by Crippen LogP contribution is 2.26. The van der Waals surface area contributed by atoms with Crippen molar-refractivity contribution < 1.29 is 13.5 Å². The molecule has 1 aromatic rings. The number of hydrogen-bond donors (Lipinski definition) is 1. The van der Waals surface area contributed by atoms with Gasteiger partial charge in [0.1, 0.15) is 0 Å². The Bertz CT molecular complexity index is 634. The molecule has 1 aliphatic rings. The number of nitrogens with zero attached hydrogens (tertiary/aromatic N) is 2. The fourth-order valence-electron chi connectivity index (χ4n) is 2.53. The number of aliphatic hydroxyl groups is 1. The van der Waals surface area contributed by atoms with Gasteiger partial charge in [-0.2, -0.15) is 9.57 Å². The average molecular weight is 294 g/mol. The summed E-state index contributed by atoms with van der Waals surface area (Å²) in [6.07, 6.45) is 2.43. The Morgan fingerprint density at radius 2 is 2.20 bits per heavy atom. The molecule has 1 heterocycles. The number of aryl methyl sites for hydroxylation is 1. The zero-order valence-electron chi connectivity index (χ0n) is 11.4. The van der Waals surface area contributed by atoms with E-state index in [1.165, 1.54) is 22.5 Å². The van der Waals surface area contributed by atoms with E-state index in [4.69, 9.17) is 5.26 Å². The lowest BCUT2D eigenvalue weighted by Gasteiger charge is -2.33. The Hall–Kier alpha value is -1.42. The van der Waals surface area contributed by atoms with Crippen molar-refractivity contribution in [2.24, 2.45) is 0 Å². The summed E-state index contributed by atoms with van der Waals surface area (Å²) in [6, 6.07) is 6.20. The van der Waals surface area contributed by atoms with Gasteiger partial charge < -0.3 is 5.11 Å². The molecule has 0 aromatic heterocycles. The van der Waals surface area contributed by atoms with E-state index in [-0.39, 0.29) is 17.5 Å². The number of nitriles is 1. The third kappa shape index (κ3) is 2.70. The molecule has 1 aliphatic heterocycles. The van der Waals surface area contributed by atoms with Crippen molar-refractivity contribution in [3.8, 4) is 6.07 Å². The number of piperidine rings is 1. The lowest BCUT2D eigenvalue weighted by molar-refractivity contribution is 0.155. The van der Waals surface area contributed by atoms with Gasteiger partial charge in [0.25, 0.3) is 0 Å². The minimum atomic E-state index is -3.61. The maximum absolute atomic E-state index is 12.6. The zero-order chi connectivity index (χ0) is 14.8. The number of sulfonamides is 1. The Balaban J connectivity index is 2.39. The average Bonchev–Trinajstić information content (AvgIpc) is 2.47. The van der Waals surface area contributed by atoms with Crippen molar-refractivity contribution in [3.05, 3.63) is 29.3 Å². The highest BCUT2D eigenvalue weighted by atomic mass is 32.2. The first-order valence-electron chi connectivity index (χ1n) is 6.64. The molecule has 1 aromatic carbocycles. The molecule has 0 spiro atoms. The molecule has 6 heteroatoms. The van der Waals surface area contributed by atoms with E-state index in [1.807, 2.05) is 6.07 Å². The van der Waals surface area contributed by atoms with Gasteiger partial charge in [-0.15, -0.1) is 0 Å². The maximum Gasteiger partial charge on any atom is 0.243 e. The zero-order valence-corrected chi connectivity index (χ0v) is 12.2. The molecule has 0 aliphatic carbocycles.